The molecule has 0 spiro atoms. The van der Waals surface area contributed by atoms with Gasteiger partial charge >= 0.3 is 0 Å². The number of nitrogens with zero attached hydrogens (tertiary/aromatic N) is 1. The molecule has 2 saturated heterocycles. The molecule has 0 bridgehead atoms. The number of likely N-dealkylation sites (tertiary alicyclic amines) is 1. The molecular weight excluding hydrogens is 454 g/mol. The van der Waals surface area contributed by atoms with Crippen LogP contribution in [0.3, 0.4) is 0 Å². The molecule has 0 unspecified atom stereocenters. The topological polar surface area (TPSA) is 87.1 Å². The van der Waals surface area contributed by atoms with Crippen LogP contribution in [0.1, 0.15) is 75.0 Å². The van der Waals surface area contributed by atoms with Crippen LogP contribution in [-0.2, 0) is 14.3 Å². The second-order valence-electron chi connectivity index (χ2n) is 11.4. The molecule has 5 rings (SSSR count). The van der Waals surface area contributed by atoms with Gasteiger partial charge in [0.1, 0.15) is 5.75 Å². The first kappa shape index (κ1) is 25.2. The number of phenols is 1. The van der Waals surface area contributed by atoms with Crippen LogP contribution in [0.25, 0.3) is 6.08 Å². The van der Waals surface area contributed by atoms with Gasteiger partial charge in [0.05, 0.1) is 31.2 Å². The number of amides is 2. The van der Waals surface area contributed by atoms with Crippen molar-refractivity contribution in [3.05, 3.63) is 45.5 Å². The Balaban J connectivity index is 1.32. The van der Waals surface area contributed by atoms with Crippen molar-refractivity contribution in [3.8, 4) is 5.75 Å². The minimum absolute atomic E-state index is 0.00483. The van der Waals surface area contributed by atoms with E-state index in [-0.39, 0.29) is 48.3 Å². The molecule has 0 radical (unpaired) electrons. The Bertz CT molecular complexity index is 1090. The highest BCUT2D eigenvalue weighted by Gasteiger charge is 2.58. The fourth-order valence-electron chi connectivity index (χ4n) is 7.13. The summed E-state index contributed by atoms with van der Waals surface area (Å²) in [6, 6.07) is 4.02. The lowest BCUT2D eigenvalue weighted by atomic mass is 9.69. The first-order valence-corrected chi connectivity index (χ1v) is 13.6. The van der Waals surface area contributed by atoms with Gasteiger partial charge in [-0.15, -0.1) is 0 Å². The Morgan fingerprint density at radius 3 is 2.44 bits per heavy atom. The van der Waals surface area contributed by atoms with E-state index in [2.05, 4.69) is 13.0 Å². The number of benzene rings is 1. The highest BCUT2D eigenvalue weighted by atomic mass is 16.5. The molecule has 6 nitrogen and oxygen atoms in total. The Morgan fingerprint density at radius 2 is 1.78 bits per heavy atom. The molecule has 36 heavy (non-hydrogen) atoms. The quantitative estimate of drug-likeness (QED) is 0.438. The van der Waals surface area contributed by atoms with Crippen molar-refractivity contribution in [1.29, 1.82) is 0 Å². The summed E-state index contributed by atoms with van der Waals surface area (Å²) >= 11 is 0. The first-order valence-electron chi connectivity index (χ1n) is 13.6. The number of carbonyl (C=O) groups is 2. The number of rotatable bonds is 6. The molecule has 2 aliphatic carbocycles. The number of aromatic hydroxyl groups is 1. The minimum atomic E-state index is -0.347. The summed E-state index contributed by atoms with van der Waals surface area (Å²) in [6.07, 6.45) is 9.26. The Kier molecular flexibility index (Phi) is 7.10. The summed E-state index contributed by atoms with van der Waals surface area (Å²) in [5.41, 5.74) is 5.99. The number of aliphatic hydroxyl groups is 1. The van der Waals surface area contributed by atoms with Crippen LogP contribution in [0, 0.1) is 31.6 Å². The van der Waals surface area contributed by atoms with Gasteiger partial charge in [0.2, 0.25) is 11.8 Å². The van der Waals surface area contributed by atoms with Crippen LogP contribution >= 0.6 is 0 Å². The Morgan fingerprint density at radius 1 is 1.08 bits per heavy atom. The van der Waals surface area contributed by atoms with E-state index in [1.54, 1.807) is 4.90 Å². The number of fused-ring (bicyclic) bond motifs is 3. The van der Waals surface area contributed by atoms with Gasteiger partial charge in [0.25, 0.3) is 0 Å². The van der Waals surface area contributed by atoms with Gasteiger partial charge in [0.15, 0.2) is 0 Å². The van der Waals surface area contributed by atoms with E-state index < -0.39 is 0 Å². The van der Waals surface area contributed by atoms with Gasteiger partial charge in [-0.05, 0) is 92.8 Å². The number of ether oxygens (including phenoxy) is 1. The van der Waals surface area contributed by atoms with Crippen LogP contribution in [0.5, 0.6) is 5.75 Å². The zero-order valence-electron chi connectivity index (χ0n) is 21.8. The van der Waals surface area contributed by atoms with E-state index in [1.807, 2.05) is 26.0 Å². The van der Waals surface area contributed by atoms with Gasteiger partial charge in [-0.3, -0.25) is 14.5 Å². The number of aliphatic hydroxyl groups excluding tert-OH is 1. The van der Waals surface area contributed by atoms with E-state index in [0.717, 1.165) is 66.4 Å². The molecule has 1 aromatic rings. The third kappa shape index (κ3) is 4.43. The average Bonchev–Trinajstić information content (AvgIpc) is 3.39. The number of imide groups is 1. The molecule has 2 N–H and O–H groups in total. The summed E-state index contributed by atoms with van der Waals surface area (Å²) < 4.78 is 6.25. The number of hydrogen-bond donors (Lipinski definition) is 2. The van der Waals surface area contributed by atoms with Crippen LogP contribution in [0.15, 0.2) is 28.9 Å². The van der Waals surface area contributed by atoms with E-state index in [4.69, 9.17) is 4.74 Å². The molecule has 0 aromatic heterocycles. The molecule has 3 fully saturated rings. The molecule has 6 heteroatoms. The Labute approximate surface area is 214 Å². The predicted octanol–water partition coefficient (Wildman–Crippen LogP) is 4.83. The third-order valence-corrected chi connectivity index (χ3v) is 8.90. The van der Waals surface area contributed by atoms with E-state index in [1.165, 1.54) is 12.0 Å². The summed E-state index contributed by atoms with van der Waals surface area (Å²) in [7, 11) is 0. The van der Waals surface area contributed by atoms with Crippen LogP contribution in [-0.4, -0.2) is 52.3 Å². The SMILES string of the molecule is C/C(=C\c1cc(C)c(O)c(C)c1)CC[C@H]1OC[C@H]2C1=C(CO)C[C@H]1C(=O)N(C3CCCCC3)C(=O)[C@H]12. The number of phenolic OH excluding ortho intramolecular Hbond substituents is 1. The van der Waals surface area contributed by atoms with Crippen molar-refractivity contribution in [1.82, 2.24) is 4.90 Å². The van der Waals surface area contributed by atoms with Crippen molar-refractivity contribution in [2.75, 3.05) is 13.2 Å². The highest BCUT2D eigenvalue weighted by Crippen LogP contribution is 2.50. The summed E-state index contributed by atoms with van der Waals surface area (Å²) in [6.45, 7) is 6.28. The fraction of sp³-hybridized carbons (Fsp3) is 0.600. The Hall–Kier alpha value is -2.44. The van der Waals surface area contributed by atoms with Crippen molar-refractivity contribution >= 4 is 17.9 Å². The summed E-state index contributed by atoms with van der Waals surface area (Å²) in [5.74, 6) is -0.475. The standard InChI is InChI=1S/C30H39NO5/c1-17(11-20-12-18(2)28(33)19(3)13-20)9-10-25-26-21(15-32)14-23-27(24(26)16-36-25)30(35)31(29(23)34)22-7-5-4-6-8-22/h11-13,22-25,27,32-33H,4-10,14-16H2,1-3H3/b17-11+/t23-,24+,25-,27-/m1/s1. The van der Waals surface area contributed by atoms with Crippen LogP contribution in [0.2, 0.25) is 0 Å². The maximum absolute atomic E-state index is 13.6. The number of carbonyl (C=O) groups excluding carboxylic acids is 2. The molecule has 2 heterocycles. The van der Waals surface area contributed by atoms with Crippen molar-refractivity contribution in [3.63, 3.8) is 0 Å². The smallest absolute Gasteiger partial charge is 0.234 e. The fourth-order valence-corrected chi connectivity index (χ4v) is 7.13. The molecule has 2 aliphatic heterocycles. The van der Waals surface area contributed by atoms with Gasteiger partial charge in [-0.1, -0.05) is 30.9 Å². The molecule has 2 amide bonds. The van der Waals surface area contributed by atoms with Gasteiger partial charge in [0, 0.05) is 12.0 Å². The maximum Gasteiger partial charge on any atom is 0.234 e. The van der Waals surface area contributed by atoms with Crippen LogP contribution in [0.4, 0.5) is 0 Å². The zero-order chi connectivity index (χ0) is 25.6. The van der Waals surface area contributed by atoms with Gasteiger partial charge in [-0.25, -0.2) is 0 Å². The largest absolute Gasteiger partial charge is 0.507 e. The van der Waals surface area contributed by atoms with Crippen molar-refractivity contribution in [2.45, 2.75) is 84.3 Å². The number of hydrogen-bond acceptors (Lipinski definition) is 5. The third-order valence-electron chi connectivity index (χ3n) is 8.90. The normalized spacial score (nSPS) is 29.2. The zero-order valence-corrected chi connectivity index (χ0v) is 21.8. The van der Waals surface area contributed by atoms with Crippen molar-refractivity contribution < 1.29 is 24.5 Å². The first-order chi connectivity index (χ1) is 17.3. The molecule has 4 aliphatic rings. The second kappa shape index (κ2) is 10.1. The lowest BCUT2D eigenvalue weighted by Crippen LogP contribution is -2.42. The van der Waals surface area contributed by atoms with Gasteiger partial charge < -0.3 is 14.9 Å². The number of aryl methyl sites for hydroxylation is 2. The van der Waals surface area contributed by atoms with E-state index >= 15 is 0 Å². The lowest BCUT2D eigenvalue weighted by Gasteiger charge is -2.31. The lowest BCUT2D eigenvalue weighted by molar-refractivity contribution is -0.143. The van der Waals surface area contributed by atoms with Crippen LogP contribution < -0.4 is 0 Å². The molecule has 1 saturated carbocycles. The minimum Gasteiger partial charge on any atom is -0.507 e. The monoisotopic (exact) mass is 493 g/mol. The number of allylic oxidation sites excluding steroid dienone is 1. The second-order valence-corrected chi connectivity index (χ2v) is 11.4. The molecular formula is C30H39NO5. The highest BCUT2D eigenvalue weighted by molar-refractivity contribution is 6.06. The maximum atomic E-state index is 13.6. The summed E-state index contributed by atoms with van der Waals surface area (Å²) in [5, 5.41) is 20.3. The van der Waals surface area contributed by atoms with Gasteiger partial charge in [-0.2, -0.15) is 0 Å². The van der Waals surface area contributed by atoms with E-state index in [0.29, 0.717) is 18.8 Å². The molecule has 194 valence electrons. The summed E-state index contributed by atoms with van der Waals surface area (Å²) in [4.78, 5) is 28.6. The molecule has 4 atom stereocenters. The van der Waals surface area contributed by atoms with E-state index in [9.17, 15) is 19.8 Å². The average molecular weight is 494 g/mol. The van der Waals surface area contributed by atoms with Crippen molar-refractivity contribution in [2.24, 2.45) is 17.8 Å². The predicted molar refractivity (Wildman–Crippen MR) is 138 cm³/mol. The molecule has 1 aromatic carbocycles.